The van der Waals surface area contributed by atoms with Gasteiger partial charge in [-0.05, 0) is 32.0 Å². The van der Waals surface area contributed by atoms with Gasteiger partial charge in [0.25, 0.3) is 5.91 Å². The number of thiazole rings is 2. The highest BCUT2D eigenvalue weighted by atomic mass is 32.1. The SMILES string of the molecule is Cc1nc(-c2ccccc2)c(C(=O)Nc2ccc3nc(C)sc3c2)s1. The molecule has 2 aromatic carbocycles. The first kappa shape index (κ1) is 15.9. The molecule has 0 radical (unpaired) electrons. The average molecular weight is 365 g/mol. The van der Waals surface area contributed by atoms with Crippen LogP contribution in [0.2, 0.25) is 0 Å². The molecule has 0 aliphatic heterocycles. The van der Waals surface area contributed by atoms with E-state index in [0.29, 0.717) is 4.88 Å². The van der Waals surface area contributed by atoms with E-state index in [4.69, 9.17) is 0 Å². The number of amides is 1. The molecule has 0 spiro atoms. The number of hydrogen-bond acceptors (Lipinski definition) is 5. The number of aryl methyl sites for hydroxylation is 2. The van der Waals surface area contributed by atoms with Crippen LogP contribution < -0.4 is 5.32 Å². The van der Waals surface area contributed by atoms with Crippen molar-refractivity contribution in [3.05, 3.63) is 63.4 Å². The monoisotopic (exact) mass is 365 g/mol. The first-order chi connectivity index (χ1) is 12.1. The van der Waals surface area contributed by atoms with E-state index in [9.17, 15) is 4.79 Å². The Balaban J connectivity index is 1.66. The quantitative estimate of drug-likeness (QED) is 0.537. The van der Waals surface area contributed by atoms with Gasteiger partial charge in [-0.3, -0.25) is 4.79 Å². The lowest BCUT2D eigenvalue weighted by Gasteiger charge is -2.05. The molecule has 0 atom stereocenters. The van der Waals surface area contributed by atoms with Gasteiger partial charge in [-0.15, -0.1) is 22.7 Å². The Morgan fingerprint density at radius 2 is 1.72 bits per heavy atom. The van der Waals surface area contributed by atoms with Gasteiger partial charge in [0.15, 0.2) is 0 Å². The Morgan fingerprint density at radius 3 is 2.52 bits per heavy atom. The summed E-state index contributed by atoms with van der Waals surface area (Å²) >= 11 is 3.03. The van der Waals surface area contributed by atoms with Gasteiger partial charge in [-0.2, -0.15) is 0 Å². The minimum absolute atomic E-state index is 0.134. The van der Waals surface area contributed by atoms with Crippen LogP contribution in [0.25, 0.3) is 21.5 Å². The second-order valence-corrected chi connectivity index (χ2v) is 8.08. The van der Waals surface area contributed by atoms with Crippen LogP contribution in [0.15, 0.2) is 48.5 Å². The van der Waals surface area contributed by atoms with E-state index in [2.05, 4.69) is 15.3 Å². The fourth-order valence-corrected chi connectivity index (χ4v) is 4.38. The zero-order valence-corrected chi connectivity index (χ0v) is 15.4. The van der Waals surface area contributed by atoms with Crippen molar-refractivity contribution in [2.75, 3.05) is 5.32 Å². The van der Waals surface area contributed by atoms with E-state index < -0.39 is 0 Å². The molecule has 0 unspecified atom stereocenters. The molecule has 2 heterocycles. The highest BCUT2D eigenvalue weighted by molar-refractivity contribution is 7.18. The number of nitrogens with zero attached hydrogens (tertiary/aromatic N) is 2. The summed E-state index contributed by atoms with van der Waals surface area (Å²) in [4.78, 5) is 22.4. The van der Waals surface area contributed by atoms with Gasteiger partial charge in [0.2, 0.25) is 0 Å². The Labute approximate surface area is 153 Å². The van der Waals surface area contributed by atoms with Crippen LogP contribution in [-0.4, -0.2) is 15.9 Å². The number of carbonyl (C=O) groups is 1. The second-order valence-electron chi connectivity index (χ2n) is 5.65. The summed E-state index contributed by atoms with van der Waals surface area (Å²) in [5.74, 6) is -0.134. The Bertz CT molecular complexity index is 1070. The van der Waals surface area contributed by atoms with Crippen LogP contribution in [0.3, 0.4) is 0 Å². The summed E-state index contributed by atoms with van der Waals surface area (Å²) in [6.07, 6.45) is 0. The van der Waals surface area contributed by atoms with Crippen LogP contribution in [0.1, 0.15) is 19.7 Å². The predicted octanol–water partition coefficient (Wildman–Crippen LogP) is 5.29. The maximum Gasteiger partial charge on any atom is 0.268 e. The molecule has 4 nitrogen and oxygen atoms in total. The number of rotatable bonds is 3. The molecule has 4 aromatic rings. The minimum Gasteiger partial charge on any atom is -0.321 e. The number of fused-ring (bicyclic) bond motifs is 1. The van der Waals surface area contributed by atoms with Gasteiger partial charge in [-0.1, -0.05) is 30.3 Å². The normalized spacial score (nSPS) is 11.0. The largest absolute Gasteiger partial charge is 0.321 e. The van der Waals surface area contributed by atoms with E-state index in [0.717, 1.165) is 37.2 Å². The first-order valence-electron chi connectivity index (χ1n) is 7.81. The third-order valence-corrected chi connectivity index (χ3v) is 5.64. The van der Waals surface area contributed by atoms with Crippen LogP contribution >= 0.6 is 22.7 Å². The van der Waals surface area contributed by atoms with Crippen molar-refractivity contribution in [3.8, 4) is 11.3 Å². The second kappa shape index (κ2) is 6.38. The van der Waals surface area contributed by atoms with E-state index in [1.807, 2.05) is 62.4 Å². The third kappa shape index (κ3) is 3.18. The van der Waals surface area contributed by atoms with Crippen molar-refractivity contribution in [1.82, 2.24) is 9.97 Å². The first-order valence-corrected chi connectivity index (χ1v) is 9.45. The Hall–Kier alpha value is -2.57. The van der Waals surface area contributed by atoms with Crippen LogP contribution in [0.5, 0.6) is 0 Å². The van der Waals surface area contributed by atoms with E-state index in [-0.39, 0.29) is 5.91 Å². The van der Waals surface area contributed by atoms with Crippen molar-refractivity contribution in [2.24, 2.45) is 0 Å². The van der Waals surface area contributed by atoms with Gasteiger partial charge in [-0.25, -0.2) is 9.97 Å². The van der Waals surface area contributed by atoms with E-state index >= 15 is 0 Å². The van der Waals surface area contributed by atoms with Gasteiger partial charge >= 0.3 is 0 Å². The number of hydrogen-bond donors (Lipinski definition) is 1. The zero-order valence-electron chi connectivity index (χ0n) is 13.7. The van der Waals surface area contributed by atoms with Gasteiger partial charge in [0, 0.05) is 11.3 Å². The van der Waals surface area contributed by atoms with E-state index in [1.165, 1.54) is 11.3 Å². The number of carbonyl (C=O) groups excluding carboxylic acids is 1. The Kier molecular flexibility index (Phi) is 4.07. The lowest BCUT2D eigenvalue weighted by molar-refractivity contribution is 0.103. The molecule has 0 aliphatic rings. The van der Waals surface area contributed by atoms with Gasteiger partial charge < -0.3 is 5.32 Å². The maximum absolute atomic E-state index is 12.8. The third-order valence-electron chi connectivity index (χ3n) is 3.74. The summed E-state index contributed by atoms with van der Waals surface area (Å²) in [7, 11) is 0. The van der Waals surface area contributed by atoms with Gasteiger partial charge in [0.1, 0.15) is 4.88 Å². The number of aromatic nitrogens is 2. The van der Waals surface area contributed by atoms with Crippen molar-refractivity contribution in [3.63, 3.8) is 0 Å². The zero-order chi connectivity index (χ0) is 17.4. The standard InChI is InChI=1S/C19H15N3OS2/c1-11-20-15-9-8-14(10-16(15)24-11)22-19(23)18-17(21-12(2)25-18)13-6-4-3-5-7-13/h3-10H,1-2H3,(H,22,23). The van der Waals surface area contributed by atoms with E-state index in [1.54, 1.807) is 11.3 Å². The molecular weight excluding hydrogens is 350 g/mol. The Morgan fingerprint density at radius 1 is 0.960 bits per heavy atom. The summed E-state index contributed by atoms with van der Waals surface area (Å²) in [6, 6.07) is 15.6. The summed E-state index contributed by atoms with van der Waals surface area (Å²) in [5.41, 5.74) is 3.41. The molecular formula is C19H15N3OS2. The fourth-order valence-electron chi connectivity index (χ4n) is 2.68. The van der Waals surface area contributed by atoms with Crippen LogP contribution in [0, 0.1) is 13.8 Å². The molecule has 0 fully saturated rings. The number of anilines is 1. The van der Waals surface area contributed by atoms with Crippen LogP contribution in [0.4, 0.5) is 5.69 Å². The molecule has 1 N–H and O–H groups in total. The average Bonchev–Trinajstić information content (AvgIpc) is 3.17. The lowest BCUT2D eigenvalue weighted by atomic mass is 10.1. The summed E-state index contributed by atoms with van der Waals surface area (Å²) in [5, 5.41) is 4.88. The predicted molar refractivity (Wildman–Crippen MR) is 105 cm³/mol. The van der Waals surface area contributed by atoms with Crippen molar-refractivity contribution < 1.29 is 4.79 Å². The van der Waals surface area contributed by atoms with Crippen molar-refractivity contribution >= 4 is 44.5 Å². The molecule has 0 aliphatic carbocycles. The number of nitrogens with one attached hydrogen (secondary N) is 1. The molecule has 6 heteroatoms. The van der Waals surface area contributed by atoms with Crippen molar-refractivity contribution in [2.45, 2.75) is 13.8 Å². The topological polar surface area (TPSA) is 54.9 Å². The summed E-state index contributed by atoms with van der Waals surface area (Å²) in [6.45, 7) is 3.90. The van der Waals surface area contributed by atoms with Crippen molar-refractivity contribution in [1.29, 1.82) is 0 Å². The molecule has 0 saturated carbocycles. The molecule has 0 saturated heterocycles. The molecule has 124 valence electrons. The van der Waals surface area contributed by atoms with Crippen LogP contribution in [-0.2, 0) is 0 Å². The summed E-state index contributed by atoms with van der Waals surface area (Å²) < 4.78 is 1.07. The molecule has 0 bridgehead atoms. The van der Waals surface area contributed by atoms with Gasteiger partial charge in [0.05, 0.1) is 25.9 Å². The molecule has 2 aromatic heterocycles. The molecule has 4 rings (SSSR count). The number of benzene rings is 2. The maximum atomic E-state index is 12.8. The fraction of sp³-hybridized carbons (Fsp3) is 0.105. The smallest absolute Gasteiger partial charge is 0.268 e. The molecule has 1 amide bonds. The highest BCUT2D eigenvalue weighted by Gasteiger charge is 2.18. The minimum atomic E-state index is -0.134. The lowest BCUT2D eigenvalue weighted by Crippen LogP contribution is -2.11. The highest BCUT2D eigenvalue weighted by Crippen LogP contribution is 2.30. The molecule has 25 heavy (non-hydrogen) atoms.